The van der Waals surface area contributed by atoms with E-state index in [0.717, 1.165) is 0 Å². The molecule has 0 aliphatic carbocycles. The molecule has 0 aromatic carbocycles. The minimum Gasteiger partial charge on any atom is -0.464 e. The minimum atomic E-state index is -1.39. The molecule has 0 saturated heterocycles. The molecule has 0 bridgehead atoms. The van der Waals surface area contributed by atoms with Gasteiger partial charge in [0.2, 0.25) is 19.5 Å². The molecule has 35 heavy (non-hydrogen) atoms. The number of carbonyl (C=O) groups is 6. The molecule has 200 valence electrons. The number of carbonyl (C=O) groups excluding carboxylic acids is 6. The predicted octanol–water partition coefficient (Wildman–Crippen LogP) is 2.87. The third-order valence-electron chi connectivity index (χ3n) is 3.83. The van der Waals surface area contributed by atoms with Crippen LogP contribution >= 0.6 is 23.5 Å². The maximum absolute atomic E-state index is 12.7. The largest absolute Gasteiger partial charge is 0.464 e. The summed E-state index contributed by atoms with van der Waals surface area (Å²) in [5, 5.41) is 0.733. The van der Waals surface area contributed by atoms with Crippen LogP contribution in [0.1, 0.15) is 48.5 Å². The second kappa shape index (κ2) is 16.2. The highest BCUT2D eigenvalue weighted by Gasteiger charge is 2.36. The smallest absolute Gasteiger partial charge is 0.371 e. The van der Waals surface area contributed by atoms with Gasteiger partial charge in [0, 0.05) is 5.75 Å². The summed E-state index contributed by atoms with van der Waals surface area (Å²) in [5.41, 5.74) is 0. The summed E-state index contributed by atoms with van der Waals surface area (Å²) in [4.78, 5) is 71.7. The van der Waals surface area contributed by atoms with E-state index >= 15 is 0 Å². The Bertz CT molecular complexity index is 768. The highest BCUT2D eigenvalue weighted by Crippen LogP contribution is 2.27. The molecule has 0 aromatic heterocycles. The number of rotatable bonds is 13. The molecule has 0 heterocycles. The quantitative estimate of drug-likeness (QED) is 0.207. The van der Waals surface area contributed by atoms with Crippen LogP contribution in [0.3, 0.4) is 0 Å². The molecule has 1 amide bonds. The fourth-order valence-electron chi connectivity index (χ4n) is 1.83. The molecule has 0 aliphatic rings. The third-order valence-corrected chi connectivity index (χ3v) is 5.66. The molecular weight excluding hydrogens is 506 g/mol. The summed E-state index contributed by atoms with van der Waals surface area (Å²) >= 11 is 1.08. The second-order valence-electron chi connectivity index (χ2n) is 7.96. The van der Waals surface area contributed by atoms with Crippen LogP contribution in [0.15, 0.2) is 0 Å². The fourth-order valence-corrected chi connectivity index (χ4v) is 3.15. The van der Waals surface area contributed by atoms with Gasteiger partial charge in [-0.25, -0.2) is 14.4 Å². The zero-order valence-electron chi connectivity index (χ0n) is 20.9. The van der Waals surface area contributed by atoms with E-state index in [-0.39, 0.29) is 12.4 Å². The van der Waals surface area contributed by atoms with Crippen molar-refractivity contribution < 1.29 is 52.5 Å². The molecule has 12 nitrogen and oxygen atoms in total. The first-order valence-corrected chi connectivity index (χ1v) is 12.5. The normalized spacial score (nSPS) is 11.9. The Kier molecular flexibility index (Phi) is 15.1. The lowest BCUT2D eigenvalue weighted by Gasteiger charge is -2.25. The van der Waals surface area contributed by atoms with Crippen LogP contribution in [0.2, 0.25) is 0 Å². The van der Waals surface area contributed by atoms with Crippen LogP contribution in [0.5, 0.6) is 0 Å². The lowest BCUT2D eigenvalue weighted by Crippen LogP contribution is -2.50. The van der Waals surface area contributed by atoms with Gasteiger partial charge in [0.05, 0.1) is 23.2 Å². The molecule has 0 unspecified atom stereocenters. The van der Waals surface area contributed by atoms with Crippen molar-refractivity contribution in [3.8, 4) is 0 Å². The maximum atomic E-state index is 12.7. The number of hydrogen-bond donors (Lipinski definition) is 1. The van der Waals surface area contributed by atoms with Gasteiger partial charge in [-0.3, -0.25) is 14.4 Å². The third kappa shape index (κ3) is 13.9. The van der Waals surface area contributed by atoms with Crippen molar-refractivity contribution in [1.82, 2.24) is 5.32 Å². The molecule has 0 fully saturated rings. The van der Waals surface area contributed by atoms with Gasteiger partial charge in [-0.15, -0.1) is 0 Å². The van der Waals surface area contributed by atoms with E-state index in [1.54, 1.807) is 34.6 Å². The molecule has 0 aliphatic heterocycles. The van der Waals surface area contributed by atoms with Gasteiger partial charge in [0.1, 0.15) is 6.04 Å². The minimum absolute atomic E-state index is 0.0328. The van der Waals surface area contributed by atoms with Crippen molar-refractivity contribution in [3.05, 3.63) is 0 Å². The van der Waals surface area contributed by atoms with E-state index in [0.29, 0.717) is 23.5 Å². The highest BCUT2D eigenvalue weighted by atomic mass is 32.2. The van der Waals surface area contributed by atoms with E-state index in [2.05, 4.69) is 5.32 Å². The Morgan fingerprint density at radius 2 is 1.23 bits per heavy atom. The summed E-state index contributed by atoms with van der Waals surface area (Å²) in [6.45, 7) is 9.72. The summed E-state index contributed by atoms with van der Waals surface area (Å²) in [6, 6.07) is -1.24. The van der Waals surface area contributed by atoms with Gasteiger partial charge < -0.3 is 29.0 Å². The number of nitrogens with one attached hydrogen (secondary N) is 1. The van der Waals surface area contributed by atoms with Gasteiger partial charge in [0.25, 0.3) is 0 Å². The molecule has 0 spiro atoms. The van der Waals surface area contributed by atoms with Crippen LogP contribution in [-0.2, 0) is 42.9 Å². The summed E-state index contributed by atoms with van der Waals surface area (Å²) in [7, 11) is 0. The number of hydrogen-bond acceptors (Lipinski definition) is 13. The van der Waals surface area contributed by atoms with E-state index < -0.39 is 70.6 Å². The Balaban J connectivity index is 4.85. The first kappa shape index (κ1) is 32.5. The van der Waals surface area contributed by atoms with Gasteiger partial charge >= 0.3 is 28.5 Å². The molecule has 0 rings (SSSR count). The number of ether oxygens (including phenoxy) is 5. The lowest BCUT2D eigenvalue weighted by atomic mass is 10.2. The van der Waals surface area contributed by atoms with Crippen molar-refractivity contribution in [2.45, 2.75) is 59.3 Å². The van der Waals surface area contributed by atoms with Gasteiger partial charge in [-0.2, -0.15) is 0 Å². The number of thioether (sulfide) groups is 2. The lowest BCUT2D eigenvalue weighted by molar-refractivity contribution is -0.156. The Morgan fingerprint density at radius 3 is 1.69 bits per heavy atom. The van der Waals surface area contributed by atoms with Crippen molar-refractivity contribution in [1.29, 1.82) is 0 Å². The maximum Gasteiger partial charge on any atom is 0.371 e. The molecular formula is C21H33NO11S2. The van der Waals surface area contributed by atoms with E-state index in [9.17, 15) is 28.8 Å². The van der Waals surface area contributed by atoms with Crippen LogP contribution in [0, 0.1) is 11.8 Å². The van der Waals surface area contributed by atoms with Crippen molar-refractivity contribution in [2.24, 2.45) is 11.8 Å². The molecule has 1 N–H and O–H groups in total. The first-order valence-electron chi connectivity index (χ1n) is 10.7. The predicted molar refractivity (Wildman–Crippen MR) is 127 cm³/mol. The summed E-state index contributed by atoms with van der Waals surface area (Å²) in [6.07, 6.45) is 0. The SMILES string of the molecule is CCOC(=O)[C@H](CSC(=O)OCOC(=O)C(C)C)NC(=O)C(C)(C)SC(=O)OCOC(=O)C(C)C. The summed E-state index contributed by atoms with van der Waals surface area (Å²) < 4.78 is 22.6. The zero-order chi connectivity index (χ0) is 27.2. The van der Waals surface area contributed by atoms with Crippen LogP contribution in [0.4, 0.5) is 9.59 Å². The van der Waals surface area contributed by atoms with Crippen molar-refractivity contribution in [3.63, 3.8) is 0 Å². The summed E-state index contributed by atoms with van der Waals surface area (Å²) in [5.74, 6) is -3.63. The number of esters is 3. The van der Waals surface area contributed by atoms with Crippen LogP contribution in [-0.4, -0.2) is 71.2 Å². The average molecular weight is 540 g/mol. The molecule has 14 heteroatoms. The van der Waals surface area contributed by atoms with E-state index in [1.165, 1.54) is 13.8 Å². The number of amides is 1. The standard InChI is InChI=1S/C21H33NO11S2/c1-8-29-17(25)14(9-34-19(27)32-10-30-15(23)12(2)3)22-18(26)21(6,7)35-20(28)33-11-31-16(24)13(4)5/h12-14H,8-11H2,1-7H3,(H,22,26)/t14-/m0/s1. The molecule has 0 saturated carbocycles. The van der Waals surface area contributed by atoms with Crippen LogP contribution in [0.25, 0.3) is 0 Å². The Morgan fingerprint density at radius 1 is 0.743 bits per heavy atom. The zero-order valence-corrected chi connectivity index (χ0v) is 22.5. The second-order valence-corrected chi connectivity index (χ2v) is 10.5. The molecule has 1 atom stereocenters. The van der Waals surface area contributed by atoms with Gasteiger partial charge in [-0.1, -0.05) is 27.7 Å². The first-order chi connectivity index (χ1) is 16.2. The highest BCUT2D eigenvalue weighted by molar-refractivity contribution is 8.15. The Labute approximate surface area is 212 Å². The van der Waals surface area contributed by atoms with E-state index in [4.69, 9.17) is 23.7 Å². The van der Waals surface area contributed by atoms with Crippen molar-refractivity contribution in [2.75, 3.05) is 25.9 Å². The molecule has 0 aromatic rings. The van der Waals surface area contributed by atoms with Crippen molar-refractivity contribution >= 4 is 57.9 Å². The topological polar surface area (TPSA) is 161 Å². The molecule has 0 radical (unpaired) electrons. The van der Waals surface area contributed by atoms with Crippen LogP contribution < -0.4 is 5.32 Å². The monoisotopic (exact) mass is 539 g/mol. The fraction of sp³-hybridized carbons (Fsp3) is 0.714. The van der Waals surface area contributed by atoms with Gasteiger partial charge in [0.15, 0.2) is 0 Å². The van der Waals surface area contributed by atoms with E-state index in [1.807, 2.05) is 0 Å². The average Bonchev–Trinajstić information content (AvgIpc) is 2.75. The Hall–Kier alpha value is -2.48. The van der Waals surface area contributed by atoms with Gasteiger partial charge in [-0.05, 0) is 44.3 Å².